The average Bonchev–Trinajstić information content (AvgIpc) is 3.03. The van der Waals surface area contributed by atoms with Gasteiger partial charge < -0.3 is 15.2 Å². The van der Waals surface area contributed by atoms with Crippen molar-refractivity contribution in [3.05, 3.63) is 76.0 Å². The number of benzene rings is 2. The van der Waals surface area contributed by atoms with Gasteiger partial charge in [0.25, 0.3) is 11.8 Å². The van der Waals surface area contributed by atoms with Gasteiger partial charge in [-0.2, -0.15) is 0 Å². The number of aromatic nitrogens is 1. The summed E-state index contributed by atoms with van der Waals surface area (Å²) in [6.07, 6.45) is 0. The van der Waals surface area contributed by atoms with Crippen molar-refractivity contribution in [3.63, 3.8) is 0 Å². The van der Waals surface area contributed by atoms with Crippen LogP contribution in [0.3, 0.4) is 0 Å². The number of nitrogens with zero attached hydrogens (tertiary/aromatic N) is 1. The molecule has 132 valence electrons. The van der Waals surface area contributed by atoms with E-state index >= 15 is 0 Å². The summed E-state index contributed by atoms with van der Waals surface area (Å²) in [6, 6.07) is 13.2. The molecule has 6 nitrogen and oxygen atoms in total. The maximum atomic E-state index is 12.3. The third-order valence-electron chi connectivity index (χ3n) is 3.71. The van der Waals surface area contributed by atoms with Crippen molar-refractivity contribution in [3.8, 4) is 0 Å². The van der Waals surface area contributed by atoms with Crippen LogP contribution in [0.4, 0.5) is 11.5 Å². The van der Waals surface area contributed by atoms with E-state index in [1.807, 2.05) is 13.0 Å². The summed E-state index contributed by atoms with van der Waals surface area (Å²) in [4.78, 5) is 24.5. The van der Waals surface area contributed by atoms with E-state index in [-0.39, 0.29) is 11.8 Å². The Bertz CT molecular complexity index is 964. The molecule has 0 radical (unpaired) electrons. The first-order valence-electron chi connectivity index (χ1n) is 7.84. The highest BCUT2D eigenvalue weighted by Gasteiger charge is 2.11. The molecule has 0 saturated heterocycles. The molecule has 0 bridgehead atoms. The predicted octanol–water partition coefficient (Wildman–Crippen LogP) is 4.45. The largest absolute Gasteiger partial charge is 0.360 e. The molecule has 2 N–H and O–H groups in total. The SMILES string of the molecule is Cc1cc(NC(=O)c2ccc(C(=O)Nc3ccc(C)c(Cl)c3)cc2)no1. The number of aryl methyl sites for hydroxylation is 2. The summed E-state index contributed by atoms with van der Waals surface area (Å²) in [5.74, 6) is 0.314. The maximum Gasteiger partial charge on any atom is 0.256 e. The predicted molar refractivity (Wildman–Crippen MR) is 99.8 cm³/mol. The molecule has 0 fully saturated rings. The molecule has 0 atom stereocenters. The van der Waals surface area contributed by atoms with E-state index in [1.54, 1.807) is 49.4 Å². The van der Waals surface area contributed by atoms with Crippen LogP contribution >= 0.6 is 11.6 Å². The zero-order valence-corrected chi connectivity index (χ0v) is 14.9. The lowest BCUT2D eigenvalue weighted by Crippen LogP contribution is -2.14. The standard InChI is InChI=1S/C19H16ClN3O3/c1-11-3-8-15(10-16(11)20)21-18(24)13-4-6-14(7-5-13)19(25)22-17-9-12(2)26-23-17/h3-10H,1-2H3,(H,21,24)(H,22,23,25). The molecule has 1 aromatic heterocycles. The van der Waals surface area contributed by atoms with Crippen molar-refractivity contribution in [1.29, 1.82) is 0 Å². The van der Waals surface area contributed by atoms with Crippen molar-refractivity contribution in [2.75, 3.05) is 10.6 Å². The Morgan fingerprint density at radius 2 is 1.54 bits per heavy atom. The number of amides is 2. The van der Waals surface area contributed by atoms with Crippen molar-refractivity contribution in [1.82, 2.24) is 5.16 Å². The van der Waals surface area contributed by atoms with Gasteiger partial charge in [0.2, 0.25) is 0 Å². The van der Waals surface area contributed by atoms with Gasteiger partial charge in [-0.05, 0) is 55.8 Å². The molecule has 0 saturated carbocycles. The van der Waals surface area contributed by atoms with E-state index < -0.39 is 0 Å². The van der Waals surface area contributed by atoms with Crippen LogP contribution in [0.25, 0.3) is 0 Å². The van der Waals surface area contributed by atoms with Crippen LogP contribution < -0.4 is 10.6 Å². The van der Waals surface area contributed by atoms with Crippen LogP contribution in [0.5, 0.6) is 0 Å². The number of rotatable bonds is 4. The first-order chi connectivity index (χ1) is 12.4. The molecular weight excluding hydrogens is 354 g/mol. The monoisotopic (exact) mass is 369 g/mol. The van der Waals surface area contributed by atoms with Gasteiger partial charge >= 0.3 is 0 Å². The Morgan fingerprint density at radius 1 is 0.923 bits per heavy atom. The fourth-order valence-corrected chi connectivity index (χ4v) is 2.44. The third kappa shape index (κ3) is 4.10. The van der Waals surface area contributed by atoms with Gasteiger partial charge in [-0.3, -0.25) is 9.59 Å². The lowest BCUT2D eigenvalue weighted by molar-refractivity contribution is 0.101. The fourth-order valence-electron chi connectivity index (χ4n) is 2.26. The molecule has 0 spiro atoms. The van der Waals surface area contributed by atoms with Crippen molar-refractivity contribution in [2.45, 2.75) is 13.8 Å². The van der Waals surface area contributed by atoms with Crippen LogP contribution in [0.2, 0.25) is 5.02 Å². The van der Waals surface area contributed by atoms with Gasteiger partial charge in [0, 0.05) is 27.9 Å². The molecule has 0 aliphatic carbocycles. The van der Waals surface area contributed by atoms with Crippen molar-refractivity contribution >= 4 is 34.9 Å². The van der Waals surface area contributed by atoms with E-state index in [0.717, 1.165) is 5.56 Å². The number of carbonyl (C=O) groups excluding carboxylic acids is 2. The van der Waals surface area contributed by atoms with Gasteiger partial charge in [-0.15, -0.1) is 0 Å². The van der Waals surface area contributed by atoms with Gasteiger partial charge in [-0.1, -0.05) is 22.8 Å². The normalized spacial score (nSPS) is 10.4. The van der Waals surface area contributed by atoms with Crippen LogP contribution in [0.15, 0.2) is 53.1 Å². The van der Waals surface area contributed by atoms with Gasteiger partial charge in [0.05, 0.1) is 0 Å². The van der Waals surface area contributed by atoms with Gasteiger partial charge in [0.1, 0.15) is 5.76 Å². The van der Waals surface area contributed by atoms with E-state index in [2.05, 4.69) is 15.8 Å². The molecule has 3 aromatic rings. The highest BCUT2D eigenvalue weighted by atomic mass is 35.5. The second kappa shape index (κ2) is 7.41. The summed E-state index contributed by atoms with van der Waals surface area (Å²) in [5, 5.41) is 9.68. The lowest BCUT2D eigenvalue weighted by Gasteiger charge is -2.08. The molecule has 26 heavy (non-hydrogen) atoms. The first kappa shape index (κ1) is 17.7. The number of hydrogen-bond acceptors (Lipinski definition) is 4. The van der Waals surface area contributed by atoms with E-state index in [1.165, 1.54) is 0 Å². The molecule has 0 aliphatic heterocycles. The van der Waals surface area contributed by atoms with Crippen molar-refractivity contribution < 1.29 is 14.1 Å². The van der Waals surface area contributed by atoms with Gasteiger partial charge in [0.15, 0.2) is 5.82 Å². The number of carbonyl (C=O) groups is 2. The zero-order valence-electron chi connectivity index (χ0n) is 14.2. The van der Waals surface area contributed by atoms with E-state index in [4.69, 9.17) is 16.1 Å². The molecule has 3 rings (SSSR count). The third-order valence-corrected chi connectivity index (χ3v) is 4.12. The molecule has 1 heterocycles. The van der Waals surface area contributed by atoms with E-state index in [0.29, 0.717) is 33.4 Å². The highest BCUT2D eigenvalue weighted by molar-refractivity contribution is 6.31. The summed E-state index contributed by atoms with van der Waals surface area (Å²) < 4.78 is 4.90. The maximum absolute atomic E-state index is 12.3. The Hall–Kier alpha value is -3.12. The van der Waals surface area contributed by atoms with Crippen molar-refractivity contribution in [2.24, 2.45) is 0 Å². The molecule has 0 unspecified atom stereocenters. The summed E-state index contributed by atoms with van der Waals surface area (Å²) in [5.41, 5.74) is 2.37. The second-order valence-electron chi connectivity index (χ2n) is 5.77. The Labute approximate surface area is 155 Å². The van der Waals surface area contributed by atoms with Crippen LogP contribution in [-0.4, -0.2) is 17.0 Å². The smallest absolute Gasteiger partial charge is 0.256 e. The highest BCUT2D eigenvalue weighted by Crippen LogP contribution is 2.20. The molecule has 2 amide bonds. The quantitative estimate of drug-likeness (QED) is 0.711. The molecule has 0 aliphatic rings. The first-order valence-corrected chi connectivity index (χ1v) is 8.22. The Morgan fingerprint density at radius 3 is 2.08 bits per heavy atom. The zero-order chi connectivity index (χ0) is 18.7. The van der Waals surface area contributed by atoms with Crippen LogP contribution in [0.1, 0.15) is 32.0 Å². The number of nitrogens with one attached hydrogen (secondary N) is 2. The summed E-state index contributed by atoms with van der Waals surface area (Å²) in [6.45, 7) is 3.62. The minimum atomic E-state index is -0.337. The molecular formula is C19H16ClN3O3. The van der Waals surface area contributed by atoms with E-state index in [9.17, 15) is 9.59 Å². The number of anilines is 2. The number of hydrogen-bond donors (Lipinski definition) is 2. The Balaban J connectivity index is 1.67. The van der Waals surface area contributed by atoms with Gasteiger partial charge in [-0.25, -0.2) is 0 Å². The topological polar surface area (TPSA) is 84.2 Å². The number of halogens is 1. The minimum Gasteiger partial charge on any atom is -0.360 e. The second-order valence-corrected chi connectivity index (χ2v) is 6.18. The average molecular weight is 370 g/mol. The van der Waals surface area contributed by atoms with Crippen LogP contribution in [-0.2, 0) is 0 Å². The molecule has 7 heteroatoms. The fraction of sp³-hybridized carbons (Fsp3) is 0.105. The lowest BCUT2D eigenvalue weighted by atomic mass is 10.1. The Kier molecular flexibility index (Phi) is 5.04. The minimum absolute atomic E-state index is 0.288. The summed E-state index contributed by atoms with van der Waals surface area (Å²) >= 11 is 6.06. The molecule has 2 aromatic carbocycles. The van der Waals surface area contributed by atoms with Crippen LogP contribution in [0, 0.1) is 13.8 Å². The summed E-state index contributed by atoms with van der Waals surface area (Å²) in [7, 11) is 0.